The van der Waals surface area contributed by atoms with Crippen LogP contribution in [-0.2, 0) is 27.3 Å². The lowest BCUT2D eigenvalue weighted by Gasteiger charge is -2.14. The summed E-state index contributed by atoms with van der Waals surface area (Å²) >= 11 is 5.58. The van der Waals surface area contributed by atoms with Crippen LogP contribution in [0.5, 0.6) is 5.75 Å². The van der Waals surface area contributed by atoms with Crippen molar-refractivity contribution in [3.63, 3.8) is 0 Å². The van der Waals surface area contributed by atoms with Gasteiger partial charge in [-0.3, -0.25) is 9.59 Å². The van der Waals surface area contributed by atoms with Gasteiger partial charge in [0, 0.05) is 12.2 Å². The Labute approximate surface area is 179 Å². The third-order valence-electron chi connectivity index (χ3n) is 4.92. The van der Waals surface area contributed by atoms with Gasteiger partial charge in [-0.15, -0.1) is 0 Å². The SMILES string of the molecule is CCc1c(C(=O)C(=O)Cl)c2c(O[C@H](C)C(=O)OC)cccc2n1Cc1ccccc1. The molecule has 30 heavy (non-hydrogen) atoms. The van der Waals surface area contributed by atoms with Crippen LogP contribution in [0.2, 0.25) is 0 Å². The van der Waals surface area contributed by atoms with Crippen molar-refractivity contribution in [3.8, 4) is 5.75 Å². The predicted octanol–water partition coefficient (Wildman–Crippen LogP) is 4.14. The summed E-state index contributed by atoms with van der Waals surface area (Å²) < 4.78 is 12.5. The summed E-state index contributed by atoms with van der Waals surface area (Å²) in [6, 6.07) is 15.1. The fraction of sp³-hybridized carbons (Fsp3) is 0.261. The molecule has 0 N–H and O–H groups in total. The van der Waals surface area contributed by atoms with E-state index in [1.54, 1.807) is 19.1 Å². The zero-order valence-electron chi connectivity index (χ0n) is 17.0. The van der Waals surface area contributed by atoms with Crippen LogP contribution >= 0.6 is 11.6 Å². The Morgan fingerprint density at radius 2 is 1.77 bits per heavy atom. The molecule has 156 valence electrons. The molecule has 0 aliphatic carbocycles. The van der Waals surface area contributed by atoms with Crippen molar-refractivity contribution in [2.45, 2.75) is 32.9 Å². The zero-order valence-corrected chi connectivity index (χ0v) is 17.7. The predicted molar refractivity (Wildman–Crippen MR) is 114 cm³/mol. The van der Waals surface area contributed by atoms with Crippen LogP contribution in [0.1, 0.15) is 35.5 Å². The molecule has 0 radical (unpaired) electrons. The quantitative estimate of drug-likeness (QED) is 0.234. The number of Topliss-reactive ketones (excluding diaryl/α,β-unsaturated/α-hetero) is 1. The Bertz CT molecular complexity index is 1100. The van der Waals surface area contributed by atoms with Gasteiger partial charge in [0.2, 0.25) is 5.78 Å². The molecule has 6 nitrogen and oxygen atoms in total. The highest BCUT2D eigenvalue weighted by molar-refractivity contribution is 6.83. The summed E-state index contributed by atoms with van der Waals surface area (Å²) in [4.78, 5) is 36.4. The van der Waals surface area contributed by atoms with Gasteiger partial charge >= 0.3 is 5.97 Å². The molecule has 0 unspecified atom stereocenters. The van der Waals surface area contributed by atoms with Crippen LogP contribution in [-0.4, -0.2) is 34.8 Å². The van der Waals surface area contributed by atoms with Crippen molar-refractivity contribution in [2.24, 2.45) is 0 Å². The third kappa shape index (κ3) is 4.09. The van der Waals surface area contributed by atoms with Crippen LogP contribution in [0.15, 0.2) is 48.5 Å². The molecular weight excluding hydrogens is 406 g/mol. The fourth-order valence-corrected chi connectivity index (χ4v) is 3.67. The van der Waals surface area contributed by atoms with E-state index in [4.69, 9.17) is 21.1 Å². The average Bonchev–Trinajstić information content (AvgIpc) is 3.07. The van der Waals surface area contributed by atoms with Crippen molar-refractivity contribution in [3.05, 3.63) is 65.4 Å². The molecule has 0 saturated heterocycles. The van der Waals surface area contributed by atoms with Gasteiger partial charge in [0.1, 0.15) is 5.75 Å². The van der Waals surface area contributed by atoms with Crippen LogP contribution in [0.3, 0.4) is 0 Å². The van der Waals surface area contributed by atoms with E-state index in [0.29, 0.717) is 35.3 Å². The molecule has 7 heteroatoms. The van der Waals surface area contributed by atoms with Gasteiger partial charge < -0.3 is 14.0 Å². The second-order valence-corrected chi connectivity index (χ2v) is 7.13. The van der Waals surface area contributed by atoms with Crippen LogP contribution in [0.25, 0.3) is 10.9 Å². The van der Waals surface area contributed by atoms with Gasteiger partial charge in [-0.1, -0.05) is 43.3 Å². The number of hydrogen-bond acceptors (Lipinski definition) is 5. The molecular formula is C23H22ClNO5. The lowest BCUT2D eigenvalue weighted by atomic mass is 10.0. The number of carbonyl (C=O) groups is 3. The molecule has 0 bridgehead atoms. The number of halogens is 1. The van der Waals surface area contributed by atoms with Gasteiger partial charge in [-0.05, 0) is 42.6 Å². The summed E-state index contributed by atoms with van der Waals surface area (Å²) in [6.07, 6.45) is -0.392. The molecule has 0 aliphatic heterocycles. The monoisotopic (exact) mass is 427 g/mol. The van der Waals surface area contributed by atoms with Gasteiger partial charge in [0.25, 0.3) is 5.24 Å². The molecule has 0 fully saturated rings. The van der Waals surface area contributed by atoms with E-state index in [9.17, 15) is 14.4 Å². The van der Waals surface area contributed by atoms with Gasteiger partial charge in [-0.25, -0.2) is 4.79 Å². The number of ether oxygens (including phenoxy) is 2. The number of carbonyl (C=O) groups excluding carboxylic acids is 3. The first-order valence-corrected chi connectivity index (χ1v) is 9.93. The molecule has 0 saturated carbocycles. The number of methoxy groups -OCH3 is 1. The van der Waals surface area contributed by atoms with E-state index in [2.05, 4.69) is 0 Å². The highest BCUT2D eigenvalue weighted by atomic mass is 35.5. The Balaban J connectivity index is 2.26. The first kappa shape index (κ1) is 21.6. The van der Waals surface area contributed by atoms with E-state index >= 15 is 0 Å². The van der Waals surface area contributed by atoms with Crippen molar-refractivity contribution in [1.29, 1.82) is 0 Å². The largest absolute Gasteiger partial charge is 0.478 e. The maximum Gasteiger partial charge on any atom is 0.346 e. The number of nitrogens with zero attached hydrogens (tertiary/aromatic N) is 1. The number of fused-ring (bicyclic) bond motifs is 1. The number of hydrogen-bond donors (Lipinski definition) is 0. The molecule has 0 amide bonds. The molecule has 0 spiro atoms. The first-order chi connectivity index (χ1) is 14.4. The highest BCUT2D eigenvalue weighted by Gasteiger charge is 2.28. The smallest absolute Gasteiger partial charge is 0.346 e. The van der Waals surface area contributed by atoms with Crippen LogP contribution in [0.4, 0.5) is 0 Å². The molecule has 3 rings (SSSR count). The minimum atomic E-state index is -1.07. The van der Waals surface area contributed by atoms with E-state index in [0.717, 1.165) is 5.56 Å². The summed E-state index contributed by atoms with van der Waals surface area (Å²) in [7, 11) is 1.27. The van der Waals surface area contributed by atoms with E-state index in [-0.39, 0.29) is 5.56 Å². The number of ketones is 1. The summed E-state index contributed by atoms with van der Waals surface area (Å²) in [5.41, 5.74) is 2.63. The number of esters is 1. The Morgan fingerprint density at radius 3 is 2.37 bits per heavy atom. The third-order valence-corrected chi connectivity index (χ3v) is 5.09. The second-order valence-electron chi connectivity index (χ2n) is 6.78. The standard InChI is InChI=1S/C23H22ClNO5/c1-4-16-20(21(26)22(24)27)19-17(25(16)13-15-9-6-5-7-10-15)11-8-12-18(19)30-14(2)23(28)29-3/h5-12,14H,4,13H2,1-3H3/t14-/m1/s1. The van der Waals surface area contributed by atoms with Gasteiger partial charge in [0.15, 0.2) is 6.10 Å². The maximum absolute atomic E-state index is 12.8. The van der Waals surface area contributed by atoms with Gasteiger partial charge in [-0.2, -0.15) is 0 Å². The Kier molecular flexibility index (Phi) is 6.57. The summed E-state index contributed by atoms with van der Waals surface area (Å²) in [6.45, 7) is 3.96. The number of aromatic nitrogens is 1. The minimum absolute atomic E-state index is 0.205. The topological polar surface area (TPSA) is 74.6 Å². The Hall–Kier alpha value is -3.12. The molecule has 3 aromatic rings. The number of rotatable bonds is 8. The van der Waals surface area contributed by atoms with Crippen molar-refractivity contribution >= 4 is 39.5 Å². The molecule has 1 atom stereocenters. The Morgan fingerprint density at radius 1 is 1.07 bits per heavy atom. The average molecular weight is 428 g/mol. The lowest BCUT2D eigenvalue weighted by Crippen LogP contribution is -2.25. The second kappa shape index (κ2) is 9.13. The molecule has 2 aromatic carbocycles. The van der Waals surface area contributed by atoms with Crippen LogP contribution < -0.4 is 4.74 Å². The normalized spacial score (nSPS) is 11.9. The van der Waals surface area contributed by atoms with Crippen molar-refractivity contribution in [1.82, 2.24) is 4.57 Å². The molecule has 1 aromatic heterocycles. The lowest BCUT2D eigenvalue weighted by molar-refractivity contribution is -0.147. The fourth-order valence-electron chi connectivity index (χ4n) is 3.58. The van der Waals surface area contributed by atoms with Crippen molar-refractivity contribution < 1.29 is 23.9 Å². The first-order valence-electron chi connectivity index (χ1n) is 9.55. The van der Waals surface area contributed by atoms with Crippen LogP contribution in [0, 0.1) is 0 Å². The molecule has 0 aliphatic rings. The van der Waals surface area contributed by atoms with E-state index < -0.39 is 23.1 Å². The summed E-state index contributed by atoms with van der Waals surface area (Å²) in [5.74, 6) is -1.03. The summed E-state index contributed by atoms with van der Waals surface area (Å²) in [5, 5.41) is -0.612. The van der Waals surface area contributed by atoms with E-state index in [1.807, 2.05) is 47.9 Å². The minimum Gasteiger partial charge on any atom is -0.478 e. The van der Waals surface area contributed by atoms with Crippen molar-refractivity contribution in [2.75, 3.05) is 7.11 Å². The number of benzene rings is 2. The van der Waals surface area contributed by atoms with Gasteiger partial charge in [0.05, 0.1) is 23.6 Å². The molecule has 1 heterocycles. The zero-order chi connectivity index (χ0) is 21.8. The maximum atomic E-state index is 12.8. The van der Waals surface area contributed by atoms with E-state index in [1.165, 1.54) is 7.11 Å². The highest BCUT2D eigenvalue weighted by Crippen LogP contribution is 2.36.